The summed E-state index contributed by atoms with van der Waals surface area (Å²) >= 11 is 5.66. The second-order valence-corrected chi connectivity index (χ2v) is 5.53. The predicted octanol–water partition coefficient (Wildman–Crippen LogP) is 1.17. The van der Waals surface area contributed by atoms with Crippen LogP contribution in [0, 0.1) is 0 Å². The number of nitrogen functional groups attached to an aromatic ring is 1. The van der Waals surface area contributed by atoms with Gasteiger partial charge >= 0.3 is 0 Å². The van der Waals surface area contributed by atoms with Crippen molar-refractivity contribution >= 4 is 27.3 Å². The van der Waals surface area contributed by atoms with E-state index < -0.39 is 10.0 Å². The first-order chi connectivity index (χ1) is 6.35. The fourth-order valence-electron chi connectivity index (χ4n) is 0.951. The molecule has 0 saturated carbocycles. The van der Waals surface area contributed by atoms with Crippen LogP contribution in [0.3, 0.4) is 0 Å². The number of anilines is 1. The number of benzene rings is 1. The lowest BCUT2D eigenvalue weighted by Gasteiger charge is -2.13. The molecule has 1 rings (SSSR count). The largest absolute Gasteiger partial charge is 0.398 e. The number of halogens is 1. The number of hydrogen-bond donors (Lipinski definition) is 1. The normalized spacial score (nSPS) is 12.0. The molecule has 1 aromatic carbocycles. The number of rotatable bonds is 2. The standard InChI is InChI=1S/C8H11ClN2O2S/c1-11(2)14(12,13)8-4-3-6(9)5-7(8)10/h3-5H,10H2,1-2H3. The average Bonchev–Trinajstić information content (AvgIpc) is 2.02. The smallest absolute Gasteiger partial charge is 0.244 e. The highest BCUT2D eigenvalue weighted by molar-refractivity contribution is 7.89. The van der Waals surface area contributed by atoms with Gasteiger partial charge in [-0.1, -0.05) is 11.6 Å². The van der Waals surface area contributed by atoms with E-state index in [9.17, 15) is 8.42 Å². The molecule has 0 fully saturated rings. The maximum atomic E-state index is 11.7. The molecular weight excluding hydrogens is 224 g/mol. The van der Waals surface area contributed by atoms with E-state index in [1.165, 1.54) is 32.3 Å². The minimum atomic E-state index is -3.47. The van der Waals surface area contributed by atoms with Crippen molar-refractivity contribution in [2.75, 3.05) is 19.8 Å². The molecule has 4 nitrogen and oxygen atoms in total. The summed E-state index contributed by atoms with van der Waals surface area (Å²) in [6, 6.07) is 4.30. The third kappa shape index (κ3) is 2.00. The Morgan fingerprint density at radius 2 is 1.93 bits per heavy atom. The number of sulfonamides is 1. The lowest BCUT2D eigenvalue weighted by molar-refractivity contribution is 0.521. The summed E-state index contributed by atoms with van der Waals surface area (Å²) in [5.74, 6) is 0. The Kier molecular flexibility index (Phi) is 3.04. The maximum absolute atomic E-state index is 11.7. The van der Waals surface area contributed by atoms with Gasteiger partial charge in [-0.15, -0.1) is 0 Å². The summed E-state index contributed by atoms with van der Waals surface area (Å²) in [4.78, 5) is 0.0758. The zero-order chi connectivity index (χ0) is 10.9. The van der Waals surface area contributed by atoms with Gasteiger partial charge in [-0.2, -0.15) is 0 Å². The SMILES string of the molecule is CN(C)S(=O)(=O)c1ccc(Cl)cc1N. The van der Waals surface area contributed by atoms with Crippen LogP contribution in [0.15, 0.2) is 23.1 Å². The van der Waals surface area contributed by atoms with Crippen molar-refractivity contribution < 1.29 is 8.42 Å². The summed E-state index contributed by atoms with van der Waals surface area (Å²) in [6.45, 7) is 0. The first-order valence-corrected chi connectivity index (χ1v) is 5.65. The van der Waals surface area contributed by atoms with Crippen molar-refractivity contribution in [1.29, 1.82) is 0 Å². The van der Waals surface area contributed by atoms with Crippen molar-refractivity contribution in [3.05, 3.63) is 23.2 Å². The first kappa shape index (κ1) is 11.3. The van der Waals surface area contributed by atoms with Crippen LogP contribution in [0.5, 0.6) is 0 Å². The molecular formula is C8H11ClN2O2S. The van der Waals surface area contributed by atoms with Crippen molar-refractivity contribution in [2.24, 2.45) is 0 Å². The van der Waals surface area contributed by atoms with Gasteiger partial charge in [0.25, 0.3) is 0 Å². The minimum Gasteiger partial charge on any atom is -0.398 e. The third-order valence-corrected chi connectivity index (χ3v) is 3.85. The molecule has 0 amide bonds. The summed E-state index contributed by atoms with van der Waals surface area (Å²) in [5, 5.41) is 0.417. The molecule has 0 bridgehead atoms. The van der Waals surface area contributed by atoms with Crippen LogP contribution in [0.1, 0.15) is 0 Å². The number of hydrogen-bond acceptors (Lipinski definition) is 3. The topological polar surface area (TPSA) is 63.4 Å². The van der Waals surface area contributed by atoms with Crippen LogP contribution in [-0.4, -0.2) is 26.8 Å². The lowest BCUT2D eigenvalue weighted by atomic mass is 10.3. The van der Waals surface area contributed by atoms with Gasteiger partial charge in [0.1, 0.15) is 4.90 Å². The van der Waals surface area contributed by atoms with E-state index in [1.807, 2.05) is 0 Å². The van der Waals surface area contributed by atoms with E-state index in [2.05, 4.69) is 0 Å². The Labute approximate surface area is 88.3 Å². The van der Waals surface area contributed by atoms with Crippen LogP contribution in [-0.2, 0) is 10.0 Å². The number of nitrogens with zero attached hydrogens (tertiary/aromatic N) is 1. The van der Waals surface area contributed by atoms with Crippen molar-refractivity contribution in [1.82, 2.24) is 4.31 Å². The highest BCUT2D eigenvalue weighted by Gasteiger charge is 2.19. The second-order valence-electron chi connectivity index (χ2n) is 2.97. The van der Waals surface area contributed by atoms with E-state index in [0.29, 0.717) is 5.02 Å². The van der Waals surface area contributed by atoms with Crippen LogP contribution < -0.4 is 5.73 Å². The summed E-state index contributed by atoms with van der Waals surface area (Å²) in [5.41, 5.74) is 5.71. The van der Waals surface area contributed by atoms with Gasteiger partial charge in [0.2, 0.25) is 10.0 Å². The molecule has 0 radical (unpaired) electrons. The minimum absolute atomic E-state index is 0.0758. The molecule has 14 heavy (non-hydrogen) atoms. The fourth-order valence-corrected chi connectivity index (χ4v) is 2.12. The van der Waals surface area contributed by atoms with Crippen molar-refractivity contribution in [3.8, 4) is 0 Å². The molecule has 1 aromatic rings. The molecule has 0 unspecified atom stereocenters. The molecule has 0 aliphatic carbocycles. The molecule has 0 heterocycles. The Morgan fingerprint density at radius 3 is 2.36 bits per heavy atom. The quantitative estimate of drug-likeness (QED) is 0.782. The molecule has 78 valence electrons. The van der Waals surface area contributed by atoms with Gasteiger partial charge in [0.05, 0.1) is 5.69 Å². The highest BCUT2D eigenvalue weighted by atomic mass is 35.5. The monoisotopic (exact) mass is 234 g/mol. The number of nitrogens with two attached hydrogens (primary N) is 1. The summed E-state index contributed by atoms with van der Waals surface area (Å²) < 4.78 is 24.4. The maximum Gasteiger partial charge on any atom is 0.244 e. The molecule has 0 aromatic heterocycles. The van der Waals surface area contributed by atoms with E-state index in [0.717, 1.165) is 4.31 Å². The zero-order valence-electron chi connectivity index (χ0n) is 7.86. The highest BCUT2D eigenvalue weighted by Crippen LogP contribution is 2.23. The van der Waals surface area contributed by atoms with Crippen LogP contribution in [0.2, 0.25) is 5.02 Å². The molecule has 6 heteroatoms. The molecule has 0 aliphatic heterocycles. The van der Waals surface area contributed by atoms with Crippen molar-refractivity contribution in [2.45, 2.75) is 4.90 Å². The Balaban J connectivity index is 3.35. The summed E-state index contributed by atoms with van der Waals surface area (Å²) in [7, 11) is -0.579. The van der Waals surface area contributed by atoms with E-state index in [-0.39, 0.29) is 10.6 Å². The Hall–Kier alpha value is -0.780. The van der Waals surface area contributed by atoms with Gasteiger partial charge in [-0.05, 0) is 18.2 Å². The molecule has 0 aliphatic rings. The van der Waals surface area contributed by atoms with Crippen molar-refractivity contribution in [3.63, 3.8) is 0 Å². The predicted molar refractivity (Wildman–Crippen MR) is 56.7 cm³/mol. The van der Waals surface area contributed by atoms with Gasteiger partial charge in [-0.25, -0.2) is 12.7 Å². The zero-order valence-corrected chi connectivity index (χ0v) is 9.43. The molecule has 0 atom stereocenters. The fraction of sp³-hybridized carbons (Fsp3) is 0.250. The summed E-state index contributed by atoms with van der Waals surface area (Å²) in [6.07, 6.45) is 0. The first-order valence-electron chi connectivity index (χ1n) is 3.83. The van der Waals surface area contributed by atoms with E-state index >= 15 is 0 Å². The van der Waals surface area contributed by atoms with E-state index in [4.69, 9.17) is 17.3 Å². The van der Waals surface area contributed by atoms with Gasteiger partial charge in [0, 0.05) is 19.1 Å². The van der Waals surface area contributed by atoms with Gasteiger partial charge < -0.3 is 5.73 Å². The van der Waals surface area contributed by atoms with Crippen LogP contribution in [0.4, 0.5) is 5.69 Å². The third-order valence-electron chi connectivity index (χ3n) is 1.73. The van der Waals surface area contributed by atoms with Gasteiger partial charge in [0.15, 0.2) is 0 Å². The van der Waals surface area contributed by atoms with E-state index in [1.54, 1.807) is 0 Å². The van der Waals surface area contributed by atoms with Crippen LogP contribution >= 0.6 is 11.6 Å². The second kappa shape index (κ2) is 3.76. The molecule has 2 N–H and O–H groups in total. The lowest BCUT2D eigenvalue weighted by Crippen LogP contribution is -2.23. The molecule has 0 spiro atoms. The Bertz CT molecular complexity index is 443. The van der Waals surface area contributed by atoms with Gasteiger partial charge in [-0.3, -0.25) is 0 Å². The Morgan fingerprint density at radius 1 is 1.36 bits per heavy atom. The van der Waals surface area contributed by atoms with Crippen LogP contribution in [0.25, 0.3) is 0 Å². The average molecular weight is 235 g/mol. The molecule has 0 saturated heterocycles.